The van der Waals surface area contributed by atoms with Crippen molar-refractivity contribution in [1.29, 1.82) is 5.26 Å². The fourth-order valence-electron chi connectivity index (χ4n) is 4.50. The summed E-state index contributed by atoms with van der Waals surface area (Å²) in [7, 11) is 1.55. The number of nitrogens with zero attached hydrogens (tertiary/aromatic N) is 7. The number of hydrogen-bond donors (Lipinski definition) is 1. The number of likely N-dealkylation sites (tertiary alicyclic amines) is 1. The lowest BCUT2D eigenvalue weighted by atomic mass is 9.95. The van der Waals surface area contributed by atoms with Gasteiger partial charge in [-0.2, -0.15) is 10.4 Å². The Hall–Kier alpha value is -3.52. The van der Waals surface area contributed by atoms with Gasteiger partial charge in [-0.05, 0) is 25.8 Å². The van der Waals surface area contributed by atoms with Crippen molar-refractivity contribution in [2.75, 3.05) is 33.3 Å². The van der Waals surface area contributed by atoms with Crippen LogP contribution in [0.15, 0.2) is 18.5 Å². The van der Waals surface area contributed by atoms with Gasteiger partial charge in [-0.3, -0.25) is 4.79 Å². The number of carbonyl (C=O) groups excluding carboxylic acids is 1. The molecule has 2 aliphatic rings. The van der Waals surface area contributed by atoms with Gasteiger partial charge in [0.2, 0.25) is 5.67 Å². The van der Waals surface area contributed by atoms with Crippen LogP contribution in [0, 0.1) is 18.3 Å². The van der Waals surface area contributed by atoms with Gasteiger partial charge >= 0.3 is 0 Å². The van der Waals surface area contributed by atoms with Crippen molar-refractivity contribution in [3.63, 3.8) is 0 Å². The summed E-state index contributed by atoms with van der Waals surface area (Å²) in [6.07, 6.45) is 4.67. The standard InChI is InChI=1S/C21H23FN8O2/c1-13-18(14-7-17(32-2)19-15(8-23)9-25-29(19)10-14)26-27-30(13)16-3-5-28(6-4-16)20(31)21(22)11-24-12-21/h7,9-10,16,24H,3-6,11-12H2,1-2H3. The summed E-state index contributed by atoms with van der Waals surface area (Å²) in [6.45, 7) is 3.12. The van der Waals surface area contributed by atoms with Gasteiger partial charge in [0.15, 0.2) is 0 Å². The molecule has 0 saturated carbocycles. The Balaban J connectivity index is 1.38. The second-order valence-corrected chi connectivity index (χ2v) is 8.32. The van der Waals surface area contributed by atoms with E-state index in [0.717, 1.165) is 11.3 Å². The van der Waals surface area contributed by atoms with Crippen LogP contribution in [0.3, 0.4) is 0 Å². The molecule has 0 aliphatic carbocycles. The summed E-state index contributed by atoms with van der Waals surface area (Å²) < 4.78 is 23.4. The highest BCUT2D eigenvalue weighted by Crippen LogP contribution is 2.32. The summed E-state index contributed by atoms with van der Waals surface area (Å²) in [5.74, 6) is 0.116. The molecule has 2 saturated heterocycles. The van der Waals surface area contributed by atoms with Gasteiger partial charge in [-0.1, -0.05) is 5.21 Å². The Morgan fingerprint density at radius 1 is 1.38 bits per heavy atom. The molecule has 3 aromatic rings. The molecule has 1 N–H and O–H groups in total. The first-order valence-electron chi connectivity index (χ1n) is 10.5. The van der Waals surface area contributed by atoms with E-state index in [1.54, 1.807) is 22.7 Å². The first-order valence-corrected chi connectivity index (χ1v) is 10.5. The quantitative estimate of drug-likeness (QED) is 0.652. The van der Waals surface area contributed by atoms with E-state index in [1.165, 1.54) is 6.20 Å². The van der Waals surface area contributed by atoms with Crippen molar-refractivity contribution >= 4 is 11.4 Å². The minimum Gasteiger partial charge on any atom is -0.494 e. The Labute approximate surface area is 183 Å². The predicted octanol–water partition coefficient (Wildman–Crippen LogP) is 1.26. The molecular formula is C21H23FN8O2. The van der Waals surface area contributed by atoms with E-state index in [0.29, 0.717) is 48.5 Å². The molecule has 11 heteroatoms. The minimum absolute atomic E-state index is 0.0795. The molecule has 0 bridgehead atoms. The van der Waals surface area contributed by atoms with Crippen molar-refractivity contribution in [3.8, 4) is 23.1 Å². The monoisotopic (exact) mass is 438 g/mol. The Kier molecular flexibility index (Phi) is 4.82. The second-order valence-electron chi connectivity index (χ2n) is 8.32. The number of alkyl halides is 1. The van der Waals surface area contributed by atoms with Crippen LogP contribution in [0.25, 0.3) is 16.8 Å². The van der Waals surface area contributed by atoms with Gasteiger partial charge in [0.1, 0.15) is 28.6 Å². The van der Waals surface area contributed by atoms with Crippen LogP contribution in [0.1, 0.15) is 30.1 Å². The Bertz CT molecular complexity index is 1230. The molecule has 32 heavy (non-hydrogen) atoms. The number of piperidine rings is 1. The first kappa shape index (κ1) is 20.4. The number of fused-ring (bicyclic) bond motifs is 1. The van der Waals surface area contributed by atoms with Crippen molar-refractivity contribution in [1.82, 2.24) is 34.8 Å². The number of halogens is 1. The van der Waals surface area contributed by atoms with E-state index in [2.05, 4.69) is 26.8 Å². The molecule has 5 heterocycles. The molecular weight excluding hydrogens is 415 g/mol. The topological polar surface area (TPSA) is 113 Å². The average molecular weight is 438 g/mol. The van der Waals surface area contributed by atoms with Crippen LogP contribution >= 0.6 is 0 Å². The number of rotatable bonds is 4. The zero-order valence-corrected chi connectivity index (χ0v) is 17.9. The molecule has 0 spiro atoms. The average Bonchev–Trinajstić information content (AvgIpc) is 3.39. The van der Waals surface area contributed by atoms with E-state index in [-0.39, 0.29) is 19.1 Å². The summed E-state index contributed by atoms with van der Waals surface area (Å²) >= 11 is 0. The maximum absolute atomic E-state index is 14.4. The van der Waals surface area contributed by atoms with Gasteiger partial charge in [0, 0.05) is 37.9 Å². The predicted molar refractivity (Wildman–Crippen MR) is 112 cm³/mol. The molecule has 10 nitrogen and oxygen atoms in total. The molecule has 0 radical (unpaired) electrons. The van der Waals surface area contributed by atoms with Crippen molar-refractivity contribution in [2.24, 2.45) is 0 Å². The Morgan fingerprint density at radius 2 is 2.12 bits per heavy atom. The normalized spacial score (nSPS) is 18.4. The van der Waals surface area contributed by atoms with Crippen LogP contribution < -0.4 is 10.1 Å². The first-order chi connectivity index (χ1) is 15.4. The lowest BCUT2D eigenvalue weighted by molar-refractivity contribution is -0.148. The molecule has 0 unspecified atom stereocenters. The van der Waals surface area contributed by atoms with Crippen LogP contribution in [0.5, 0.6) is 5.75 Å². The summed E-state index contributed by atoms with van der Waals surface area (Å²) in [6, 6.07) is 4.03. The number of carbonyl (C=O) groups is 1. The summed E-state index contributed by atoms with van der Waals surface area (Å²) in [5, 5.41) is 25.2. The lowest BCUT2D eigenvalue weighted by Crippen LogP contribution is -2.65. The number of hydrogen-bond acceptors (Lipinski definition) is 7. The highest BCUT2D eigenvalue weighted by atomic mass is 19.1. The Morgan fingerprint density at radius 3 is 2.75 bits per heavy atom. The smallest absolute Gasteiger partial charge is 0.262 e. The zero-order chi connectivity index (χ0) is 22.5. The minimum atomic E-state index is -1.75. The molecule has 5 rings (SSSR count). The molecule has 2 fully saturated rings. The molecule has 1 amide bonds. The third-order valence-electron chi connectivity index (χ3n) is 6.41. The fourth-order valence-corrected chi connectivity index (χ4v) is 4.50. The number of nitriles is 1. The van der Waals surface area contributed by atoms with Gasteiger partial charge in [-0.15, -0.1) is 5.10 Å². The van der Waals surface area contributed by atoms with Gasteiger partial charge in [-0.25, -0.2) is 13.6 Å². The number of pyridine rings is 1. The summed E-state index contributed by atoms with van der Waals surface area (Å²) in [4.78, 5) is 14.0. The van der Waals surface area contributed by atoms with Crippen molar-refractivity contribution < 1.29 is 13.9 Å². The largest absolute Gasteiger partial charge is 0.494 e. The van der Waals surface area contributed by atoms with Crippen LogP contribution in [-0.2, 0) is 4.79 Å². The molecule has 166 valence electrons. The van der Waals surface area contributed by atoms with Crippen LogP contribution in [0.4, 0.5) is 4.39 Å². The van der Waals surface area contributed by atoms with E-state index in [4.69, 9.17) is 4.74 Å². The fraction of sp³-hybridized carbons (Fsp3) is 0.476. The zero-order valence-electron chi connectivity index (χ0n) is 17.9. The number of methoxy groups -OCH3 is 1. The molecule has 3 aromatic heterocycles. The third kappa shape index (κ3) is 3.10. The van der Waals surface area contributed by atoms with Crippen molar-refractivity contribution in [2.45, 2.75) is 31.5 Å². The van der Waals surface area contributed by atoms with E-state index >= 15 is 0 Å². The highest BCUT2D eigenvalue weighted by Gasteiger charge is 2.47. The molecule has 0 atom stereocenters. The number of nitrogens with one attached hydrogen (secondary N) is 1. The maximum atomic E-state index is 14.4. The van der Waals surface area contributed by atoms with Crippen molar-refractivity contribution in [3.05, 3.63) is 29.7 Å². The maximum Gasteiger partial charge on any atom is 0.262 e. The van der Waals surface area contributed by atoms with Crippen LogP contribution in [-0.4, -0.2) is 74.4 Å². The molecule has 2 aliphatic heterocycles. The van der Waals surface area contributed by atoms with E-state index < -0.39 is 11.6 Å². The number of amides is 1. The third-order valence-corrected chi connectivity index (χ3v) is 6.41. The highest BCUT2D eigenvalue weighted by molar-refractivity contribution is 5.87. The summed E-state index contributed by atoms with van der Waals surface area (Å²) in [5.41, 5.74) is 1.64. The lowest BCUT2D eigenvalue weighted by Gasteiger charge is -2.40. The van der Waals surface area contributed by atoms with Gasteiger partial charge in [0.05, 0.1) is 25.0 Å². The van der Waals surface area contributed by atoms with Crippen LogP contribution in [0.2, 0.25) is 0 Å². The van der Waals surface area contributed by atoms with Gasteiger partial charge < -0.3 is 15.0 Å². The molecule has 0 aromatic carbocycles. The SMILES string of the molecule is COc1cc(-c2nnn(C3CCN(C(=O)C4(F)CNC4)CC3)c2C)cn2ncc(C#N)c12. The number of aromatic nitrogens is 5. The van der Waals surface area contributed by atoms with E-state index in [1.807, 2.05) is 17.7 Å². The second kappa shape index (κ2) is 7.56. The van der Waals surface area contributed by atoms with Gasteiger partial charge in [0.25, 0.3) is 5.91 Å². The number of ether oxygens (including phenoxy) is 1. The van der Waals surface area contributed by atoms with E-state index in [9.17, 15) is 14.4 Å².